The molecule has 0 N–H and O–H groups in total. The van der Waals surface area contributed by atoms with Crippen molar-refractivity contribution in [2.75, 3.05) is 31.1 Å². The molecule has 0 aromatic carbocycles. The van der Waals surface area contributed by atoms with Crippen LogP contribution in [0.1, 0.15) is 60.5 Å². The maximum Gasteiger partial charge on any atom is 0.161 e. The van der Waals surface area contributed by atoms with E-state index in [0.717, 1.165) is 49.9 Å². The Morgan fingerprint density at radius 1 is 1.11 bits per heavy atom. The Morgan fingerprint density at radius 2 is 1.85 bits per heavy atom. The smallest absolute Gasteiger partial charge is 0.161 e. The number of carbonyl (C=O) groups is 1. The fourth-order valence-electron chi connectivity index (χ4n) is 4.16. The normalized spacial score (nSPS) is 19.0. The van der Waals surface area contributed by atoms with Crippen LogP contribution in [0.2, 0.25) is 0 Å². The lowest BCUT2D eigenvalue weighted by Crippen LogP contribution is -2.34. The number of rotatable bonds is 5. The van der Waals surface area contributed by atoms with E-state index in [1.807, 2.05) is 12.1 Å². The van der Waals surface area contributed by atoms with Gasteiger partial charge in [0.25, 0.3) is 0 Å². The molecule has 27 heavy (non-hydrogen) atoms. The quantitative estimate of drug-likeness (QED) is 0.755. The van der Waals surface area contributed by atoms with Gasteiger partial charge in [-0.3, -0.25) is 9.69 Å². The molecule has 2 aliphatic heterocycles. The van der Waals surface area contributed by atoms with Gasteiger partial charge in [0.1, 0.15) is 17.5 Å². The summed E-state index contributed by atoms with van der Waals surface area (Å²) >= 11 is 0. The predicted molar refractivity (Wildman–Crippen MR) is 104 cm³/mol. The fraction of sp³-hybridized carbons (Fsp3) is 0.600. The SMILES string of the molecule is CC(=O)c1ccc(N2CCC(c3nnc(CN4CCCC4)n3C)CC2)nc1. The summed E-state index contributed by atoms with van der Waals surface area (Å²) in [5.41, 5.74) is 0.665. The average molecular weight is 368 g/mol. The highest BCUT2D eigenvalue weighted by Crippen LogP contribution is 2.29. The molecule has 2 aromatic rings. The summed E-state index contributed by atoms with van der Waals surface area (Å²) < 4.78 is 2.21. The van der Waals surface area contributed by atoms with Crippen LogP contribution in [0, 0.1) is 0 Å². The van der Waals surface area contributed by atoms with Crippen molar-refractivity contribution in [1.82, 2.24) is 24.6 Å². The average Bonchev–Trinajstić information content (AvgIpc) is 3.33. The van der Waals surface area contributed by atoms with Gasteiger partial charge in [0.2, 0.25) is 0 Å². The van der Waals surface area contributed by atoms with Gasteiger partial charge in [-0.15, -0.1) is 10.2 Å². The Morgan fingerprint density at radius 3 is 2.48 bits per heavy atom. The van der Waals surface area contributed by atoms with Gasteiger partial charge >= 0.3 is 0 Å². The Kier molecular flexibility index (Phi) is 5.20. The number of nitrogens with zero attached hydrogens (tertiary/aromatic N) is 6. The Balaban J connectivity index is 1.37. The second kappa shape index (κ2) is 7.76. The number of hydrogen-bond donors (Lipinski definition) is 0. The summed E-state index contributed by atoms with van der Waals surface area (Å²) in [6, 6.07) is 3.82. The number of pyridine rings is 1. The lowest BCUT2D eigenvalue weighted by atomic mass is 9.96. The van der Waals surface area contributed by atoms with Crippen molar-refractivity contribution in [1.29, 1.82) is 0 Å². The second-order valence-corrected chi connectivity index (χ2v) is 7.74. The highest BCUT2D eigenvalue weighted by atomic mass is 16.1. The van der Waals surface area contributed by atoms with Gasteiger partial charge in [0, 0.05) is 37.8 Å². The zero-order valence-corrected chi connectivity index (χ0v) is 16.3. The predicted octanol–water partition coefficient (Wildman–Crippen LogP) is 2.39. The summed E-state index contributed by atoms with van der Waals surface area (Å²) in [6.07, 6.45) is 6.36. The van der Waals surface area contributed by atoms with Crippen LogP contribution < -0.4 is 4.90 Å². The number of anilines is 1. The molecule has 0 radical (unpaired) electrons. The lowest BCUT2D eigenvalue weighted by Gasteiger charge is -2.32. The number of Topliss-reactive ketones (excluding diaryl/α,β-unsaturated/α-hetero) is 1. The largest absolute Gasteiger partial charge is 0.357 e. The third-order valence-corrected chi connectivity index (χ3v) is 5.90. The van der Waals surface area contributed by atoms with Crippen molar-refractivity contribution in [3.05, 3.63) is 35.5 Å². The monoisotopic (exact) mass is 368 g/mol. The molecule has 7 heteroatoms. The van der Waals surface area contributed by atoms with Gasteiger partial charge in [-0.05, 0) is 57.8 Å². The van der Waals surface area contributed by atoms with Crippen molar-refractivity contribution in [3.8, 4) is 0 Å². The molecular formula is C20H28N6O. The summed E-state index contributed by atoms with van der Waals surface area (Å²) in [5.74, 6) is 3.65. The first-order valence-electron chi connectivity index (χ1n) is 9.94. The maximum absolute atomic E-state index is 11.4. The fourth-order valence-corrected chi connectivity index (χ4v) is 4.16. The molecule has 2 aliphatic rings. The zero-order chi connectivity index (χ0) is 18.8. The third kappa shape index (κ3) is 3.88. The molecule has 2 aromatic heterocycles. The minimum Gasteiger partial charge on any atom is -0.357 e. The van der Waals surface area contributed by atoms with E-state index in [-0.39, 0.29) is 5.78 Å². The molecule has 2 saturated heterocycles. The number of ketones is 1. The minimum absolute atomic E-state index is 0.0553. The van der Waals surface area contributed by atoms with Crippen LogP contribution in [0.5, 0.6) is 0 Å². The van der Waals surface area contributed by atoms with Crippen molar-refractivity contribution in [2.24, 2.45) is 7.05 Å². The molecule has 0 aliphatic carbocycles. The van der Waals surface area contributed by atoms with Crippen molar-refractivity contribution in [3.63, 3.8) is 0 Å². The van der Waals surface area contributed by atoms with E-state index in [0.29, 0.717) is 11.5 Å². The Labute approximate surface area is 160 Å². The highest BCUT2D eigenvalue weighted by molar-refractivity contribution is 5.93. The standard InChI is InChI=1S/C20H28N6O/c1-15(27)17-5-6-18(21-13-17)26-11-7-16(8-12-26)20-23-22-19(24(20)2)14-25-9-3-4-10-25/h5-6,13,16H,3-4,7-12,14H2,1-2H3. The van der Waals surface area contributed by atoms with Crippen molar-refractivity contribution in [2.45, 2.75) is 45.1 Å². The van der Waals surface area contributed by atoms with E-state index in [2.05, 4.69) is 36.6 Å². The molecular weight excluding hydrogens is 340 g/mol. The molecule has 144 valence electrons. The molecule has 0 atom stereocenters. The van der Waals surface area contributed by atoms with Gasteiger partial charge in [-0.25, -0.2) is 4.98 Å². The molecule has 0 amide bonds. The van der Waals surface area contributed by atoms with E-state index in [4.69, 9.17) is 0 Å². The maximum atomic E-state index is 11.4. The van der Waals surface area contributed by atoms with Gasteiger partial charge in [-0.2, -0.15) is 0 Å². The van der Waals surface area contributed by atoms with E-state index in [9.17, 15) is 4.79 Å². The van der Waals surface area contributed by atoms with Crippen LogP contribution in [-0.2, 0) is 13.6 Å². The van der Waals surface area contributed by atoms with Crippen molar-refractivity contribution >= 4 is 11.6 Å². The van der Waals surface area contributed by atoms with E-state index in [1.165, 1.54) is 25.9 Å². The Hall–Kier alpha value is -2.28. The first-order valence-corrected chi connectivity index (χ1v) is 9.94. The molecule has 4 heterocycles. The van der Waals surface area contributed by atoms with Gasteiger partial charge < -0.3 is 9.47 Å². The molecule has 7 nitrogen and oxygen atoms in total. The van der Waals surface area contributed by atoms with Crippen LogP contribution in [-0.4, -0.2) is 56.6 Å². The molecule has 0 unspecified atom stereocenters. The summed E-state index contributed by atoms with van der Waals surface area (Å²) in [6.45, 7) is 6.73. The van der Waals surface area contributed by atoms with Crippen LogP contribution in [0.25, 0.3) is 0 Å². The van der Waals surface area contributed by atoms with E-state index in [1.54, 1.807) is 13.1 Å². The number of hydrogen-bond acceptors (Lipinski definition) is 6. The summed E-state index contributed by atoms with van der Waals surface area (Å²) in [4.78, 5) is 20.6. The van der Waals surface area contributed by atoms with Gasteiger partial charge in [0.05, 0.1) is 6.54 Å². The highest BCUT2D eigenvalue weighted by Gasteiger charge is 2.26. The van der Waals surface area contributed by atoms with Crippen LogP contribution in [0.3, 0.4) is 0 Å². The minimum atomic E-state index is 0.0553. The van der Waals surface area contributed by atoms with Crippen LogP contribution >= 0.6 is 0 Å². The number of aromatic nitrogens is 4. The number of carbonyl (C=O) groups excluding carboxylic acids is 1. The van der Waals surface area contributed by atoms with Crippen molar-refractivity contribution < 1.29 is 4.79 Å². The molecule has 0 saturated carbocycles. The summed E-state index contributed by atoms with van der Waals surface area (Å²) in [7, 11) is 2.11. The first-order chi connectivity index (χ1) is 13.1. The zero-order valence-electron chi connectivity index (χ0n) is 16.3. The topological polar surface area (TPSA) is 67.2 Å². The molecule has 2 fully saturated rings. The van der Waals surface area contributed by atoms with E-state index >= 15 is 0 Å². The van der Waals surface area contributed by atoms with Crippen LogP contribution in [0.4, 0.5) is 5.82 Å². The van der Waals surface area contributed by atoms with Crippen LogP contribution in [0.15, 0.2) is 18.3 Å². The molecule has 0 spiro atoms. The van der Waals surface area contributed by atoms with Gasteiger partial charge in [0.15, 0.2) is 5.78 Å². The first kappa shape index (κ1) is 18.1. The number of piperidine rings is 1. The number of likely N-dealkylation sites (tertiary alicyclic amines) is 1. The van der Waals surface area contributed by atoms with E-state index < -0.39 is 0 Å². The summed E-state index contributed by atoms with van der Waals surface area (Å²) in [5, 5.41) is 9.00. The molecule has 4 rings (SSSR count). The third-order valence-electron chi connectivity index (χ3n) is 5.90. The Bertz CT molecular complexity index is 785. The second-order valence-electron chi connectivity index (χ2n) is 7.74. The lowest BCUT2D eigenvalue weighted by molar-refractivity contribution is 0.101. The molecule has 0 bridgehead atoms. The van der Waals surface area contributed by atoms with Gasteiger partial charge in [-0.1, -0.05) is 0 Å².